The Bertz CT molecular complexity index is 297. The van der Waals surface area contributed by atoms with E-state index in [9.17, 15) is 0 Å². The van der Waals surface area contributed by atoms with E-state index < -0.39 is 0 Å². The summed E-state index contributed by atoms with van der Waals surface area (Å²) in [7, 11) is 0. The number of rotatable bonds is 4. The van der Waals surface area contributed by atoms with Crippen LogP contribution in [0.5, 0.6) is 0 Å². The van der Waals surface area contributed by atoms with Gasteiger partial charge in [-0.05, 0) is 0 Å². The van der Waals surface area contributed by atoms with Gasteiger partial charge in [0.15, 0.2) is 0 Å². The Labute approximate surface area is 157 Å². The third-order valence-electron chi connectivity index (χ3n) is 6.73. The van der Waals surface area contributed by atoms with E-state index in [0.29, 0.717) is 30.0 Å². The van der Waals surface area contributed by atoms with Crippen LogP contribution in [0, 0.1) is 29.6 Å². The van der Waals surface area contributed by atoms with Crippen molar-refractivity contribution in [2.45, 2.75) is 82.5 Å². The molecule has 2 aliphatic rings. The molecule has 2 saturated carbocycles. The van der Waals surface area contributed by atoms with Crippen LogP contribution in [0.25, 0.3) is 0 Å². The van der Waals surface area contributed by atoms with Gasteiger partial charge in [0.2, 0.25) is 0 Å². The maximum absolute atomic E-state index is 2.59. The van der Waals surface area contributed by atoms with E-state index in [2.05, 4.69) is 39.0 Å². The first-order chi connectivity index (χ1) is 9.38. The van der Waals surface area contributed by atoms with Gasteiger partial charge >= 0.3 is 158 Å². The molecular formula is C19H35IRu-. The van der Waals surface area contributed by atoms with Crippen molar-refractivity contribution in [1.82, 2.24) is 0 Å². The fourth-order valence-electron chi connectivity index (χ4n) is 4.68. The molecule has 0 nitrogen and oxygen atoms in total. The Kier molecular flexibility index (Phi) is 8.21. The van der Waals surface area contributed by atoms with Gasteiger partial charge in [0, 0.05) is 0 Å². The van der Waals surface area contributed by atoms with Crippen molar-refractivity contribution in [3.63, 3.8) is 0 Å². The molecule has 0 amide bonds. The maximum atomic E-state index is 2.59. The summed E-state index contributed by atoms with van der Waals surface area (Å²) in [4.78, 5) is 2.48. The fraction of sp³-hybridized carbons (Fsp3) is 0.947. The second-order valence-electron chi connectivity index (χ2n) is 8.26. The van der Waals surface area contributed by atoms with Crippen LogP contribution in [-0.2, 0) is 19.5 Å². The van der Waals surface area contributed by atoms with Crippen molar-refractivity contribution in [2.24, 2.45) is 23.2 Å². The number of hydrogen-bond donors (Lipinski definition) is 0. The molecule has 0 unspecified atom stereocenters. The molecule has 0 aliphatic heterocycles. The molecule has 0 atom stereocenters. The Morgan fingerprint density at radius 2 is 1.19 bits per heavy atom. The quantitative estimate of drug-likeness (QED) is 0.246. The second kappa shape index (κ2) is 8.45. The van der Waals surface area contributed by atoms with Crippen LogP contribution in [0.4, 0.5) is 0 Å². The topological polar surface area (TPSA) is 0 Å². The first kappa shape index (κ1) is 20.4. The summed E-state index contributed by atoms with van der Waals surface area (Å²) in [6.07, 6.45) is 14.2. The molecule has 127 valence electrons. The largest absolute Gasteiger partial charge is 1.00 e. The zero-order valence-corrected chi connectivity index (χ0v) is 18.6. The second-order valence-corrected chi connectivity index (χ2v) is 12.1. The van der Waals surface area contributed by atoms with Crippen LogP contribution in [0.1, 0.15) is 79.1 Å². The fourth-order valence-corrected chi connectivity index (χ4v) is 6.19. The molecule has 21 heavy (non-hydrogen) atoms. The van der Waals surface area contributed by atoms with E-state index in [1.807, 2.05) is 0 Å². The molecule has 2 fully saturated rings. The van der Waals surface area contributed by atoms with E-state index in [0.717, 1.165) is 17.8 Å². The van der Waals surface area contributed by atoms with Gasteiger partial charge < -0.3 is 0 Å². The number of hydrogen-bond acceptors (Lipinski definition) is 0. The normalized spacial score (nSPS) is 29.2. The Balaban J connectivity index is 0.00000220. The molecule has 0 heterocycles. The van der Waals surface area contributed by atoms with Crippen molar-refractivity contribution in [2.75, 3.05) is 4.93 Å². The van der Waals surface area contributed by atoms with Crippen LogP contribution in [0.3, 0.4) is 0 Å². The molecule has 0 bridgehead atoms. The minimum atomic E-state index is 0. The molecule has 0 aromatic rings. The average molecular weight is 491 g/mol. The maximum Gasteiger partial charge on any atom is 1.00 e. The zero-order valence-electron chi connectivity index (χ0n) is 14.7. The first-order valence-electron chi connectivity index (χ1n) is 8.70. The summed E-state index contributed by atoms with van der Waals surface area (Å²) >= 11 is 0.375. The monoisotopic (exact) mass is 492 g/mol. The smallest absolute Gasteiger partial charge is 1.00 e. The number of alkyl halides is 2. The zero-order chi connectivity index (χ0) is 14.8. The number of halogens is 1. The molecule has 0 N–H and O–H groups in total. The minimum Gasteiger partial charge on any atom is 1.00 e. The summed E-state index contributed by atoms with van der Waals surface area (Å²) in [5, 5.41) is 0. The van der Waals surface area contributed by atoms with E-state index in [-0.39, 0.29) is 19.5 Å². The van der Waals surface area contributed by atoms with Crippen molar-refractivity contribution in [1.29, 1.82) is 0 Å². The van der Waals surface area contributed by atoms with Crippen LogP contribution < -0.4 is 21.2 Å². The summed E-state index contributed by atoms with van der Waals surface area (Å²) in [6, 6.07) is 0. The third kappa shape index (κ3) is 4.91. The molecule has 2 rings (SSSR count). The van der Waals surface area contributed by atoms with Gasteiger partial charge in [-0.2, -0.15) is 0 Å². The first-order valence-corrected chi connectivity index (χ1v) is 11.9. The van der Waals surface area contributed by atoms with Crippen LogP contribution >= 0.6 is 0 Å². The SMILES string of the molecule is C[I-]C(C)(C)C1CCC(C(C)(C)C2CC[CH-]CC2)CC1.[Ru+]. The third-order valence-corrected chi connectivity index (χ3v) is 10.4. The predicted molar refractivity (Wildman–Crippen MR) is 85.5 cm³/mol. The molecule has 2 heteroatoms. The van der Waals surface area contributed by atoms with Gasteiger partial charge in [-0.3, -0.25) is 0 Å². The molecular weight excluding hydrogens is 456 g/mol. The molecule has 0 spiro atoms. The summed E-state index contributed by atoms with van der Waals surface area (Å²) in [6.45, 7) is 10.2. The van der Waals surface area contributed by atoms with Gasteiger partial charge in [-0.1, -0.05) is 0 Å². The molecule has 0 aromatic heterocycles. The Morgan fingerprint density at radius 1 is 0.762 bits per heavy atom. The predicted octanol–water partition coefficient (Wildman–Crippen LogP) is 2.71. The minimum absolute atomic E-state index is 0. The van der Waals surface area contributed by atoms with Gasteiger partial charge in [0.05, 0.1) is 0 Å². The van der Waals surface area contributed by atoms with E-state index in [1.54, 1.807) is 0 Å². The van der Waals surface area contributed by atoms with Crippen molar-refractivity contribution < 1.29 is 40.7 Å². The Morgan fingerprint density at radius 3 is 1.67 bits per heavy atom. The molecule has 1 radical (unpaired) electrons. The molecule has 2 aliphatic carbocycles. The van der Waals surface area contributed by atoms with Crippen LogP contribution in [-0.4, -0.2) is 8.35 Å². The average Bonchev–Trinajstić information content (AvgIpc) is 2.48. The van der Waals surface area contributed by atoms with E-state index in [1.165, 1.54) is 51.4 Å². The van der Waals surface area contributed by atoms with Crippen molar-refractivity contribution >= 4 is 0 Å². The summed E-state index contributed by atoms with van der Waals surface area (Å²) in [5.41, 5.74) is 0.588. The summed E-state index contributed by atoms with van der Waals surface area (Å²) < 4.78 is 0.674. The van der Waals surface area contributed by atoms with E-state index in [4.69, 9.17) is 0 Å². The van der Waals surface area contributed by atoms with Gasteiger partial charge in [0.25, 0.3) is 0 Å². The van der Waals surface area contributed by atoms with Crippen LogP contribution in [0.2, 0.25) is 0 Å². The summed E-state index contributed by atoms with van der Waals surface area (Å²) in [5.74, 6) is 3.00. The van der Waals surface area contributed by atoms with E-state index >= 15 is 0 Å². The van der Waals surface area contributed by atoms with Crippen molar-refractivity contribution in [3.8, 4) is 0 Å². The van der Waals surface area contributed by atoms with Gasteiger partial charge in [-0.25, -0.2) is 0 Å². The van der Waals surface area contributed by atoms with Gasteiger partial charge in [-0.15, -0.1) is 0 Å². The van der Waals surface area contributed by atoms with Crippen LogP contribution in [0.15, 0.2) is 0 Å². The molecule has 0 saturated heterocycles. The standard InChI is InChI=1S/C19H35I.Ru/c1-18(2,15-9-7-6-8-10-15)16-11-13-17(14-12-16)19(3,4)20-5;/h6,15-17H,7-14H2,1-5H3;/q-2;+1. The van der Waals surface area contributed by atoms with Gasteiger partial charge in [0.1, 0.15) is 0 Å². The Hall–Kier alpha value is 1.35. The van der Waals surface area contributed by atoms with Crippen molar-refractivity contribution in [3.05, 3.63) is 6.42 Å². The molecule has 0 aromatic carbocycles.